The van der Waals surface area contributed by atoms with Crippen molar-refractivity contribution in [1.82, 2.24) is 0 Å². The SMILES string of the molecule is C=CCCCCC=CCCC. The maximum Gasteiger partial charge on any atom is -0.0351 e. The van der Waals surface area contributed by atoms with Crippen LogP contribution in [0.2, 0.25) is 0 Å². The molecule has 0 heterocycles. The van der Waals surface area contributed by atoms with Crippen molar-refractivity contribution in [1.29, 1.82) is 0 Å². The monoisotopic (exact) mass is 152 g/mol. The smallest absolute Gasteiger partial charge is 0.0351 e. The molecule has 0 aromatic carbocycles. The number of hydrogen-bond acceptors (Lipinski definition) is 0. The highest BCUT2D eigenvalue weighted by atomic mass is 13.9. The summed E-state index contributed by atoms with van der Waals surface area (Å²) in [6.45, 7) is 5.90. The molecule has 0 radical (unpaired) electrons. The fourth-order valence-corrected chi connectivity index (χ4v) is 0.953. The van der Waals surface area contributed by atoms with E-state index in [0.29, 0.717) is 0 Å². The molecule has 0 aliphatic rings. The van der Waals surface area contributed by atoms with Gasteiger partial charge in [-0.1, -0.05) is 31.6 Å². The van der Waals surface area contributed by atoms with Crippen LogP contribution in [-0.2, 0) is 0 Å². The topological polar surface area (TPSA) is 0 Å². The minimum absolute atomic E-state index is 1.17. The van der Waals surface area contributed by atoms with E-state index in [4.69, 9.17) is 0 Å². The maximum atomic E-state index is 3.69. The van der Waals surface area contributed by atoms with Gasteiger partial charge in [-0.15, -0.1) is 6.58 Å². The molecular formula is C11H20. The van der Waals surface area contributed by atoms with Crippen molar-refractivity contribution in [3.8, 4) is 0 Å². The van der Waals surface area contributed by atoms with Gasteiger partial charge >= 0.3 is 0 Å². The van der Waals surface area contributed by atoms with E-state index in [0.717, 1.165) is 0 Å². The van der Waals surface area contributed by atoms with E-state index >= 15 is 0 Å². The number of allylic oxidation sites excluding steroid dienone is 3. The van der Waals surface area contributed by atoms with E-state index in [1.54, 1.807) is 0 Å². The van der Waals surface area contributed by atoms with Crippen LogP contribution in [0.3, 0.4) is 0 Å². The number of unbranched alkanes of at least 4 members (excludes halogenated alkanes) is 4. The molecule has 0 atom stereocenters. The van der Waals surface area contributed by atoms with Crippen molar-refractivity contribution in [3.05, 3.63) is 24.8 Å². The quantitative estimate of drug-likeness (QED) is 0.381. The van der Waals surface area contributed by atoms with Crippen LogP contribution >= 0.6 is 0 Å². The predicted molar refractivity (Wildman–Crippen MR) is 52.7 cm³/mol. The maximum absolute atomic E-state index is 3.69. The summed E-state index contributed by atoms with van der Waals surface area (Å²) in [4.78, 5) is 0. The Morgan fingerprint density at radius 3 is 2.27 bits per heavy atom. The lowest BCUT2D eigenvalue weighted by molar-refractivity contribution is 0.760. The van der Waals surface area contributed by atoms with E-state index in [2.05, 4.69) is 25.7 Å². The molecule has 0 saturated heterocycles. The Hall–Kier alpha value is -0.520. The molecule has 0 fully saturated rings. The summed E-state index contributed by atoms with van der Waals surface area (Å²) >= 11 is 0. The fourth-order valence-electron chi connectivity index (χ4n) is 0.953. The van der Waals surface area contributed by atoms with Crippen molar-refractivity contribution < 1.29 is 0 Å². The Morgan fingerprint density at radius 1 is 1.00 bits per heavy atom. The minimum Gasteiger partial charge on any atom is -0.103 e. The zero-order valence-electron chi connectivity index (χ0n) is 7.68. The zero-order chi connectivity index (χ0) is 8.36. The summed E-state index contributed by atoms with van der Waals surface area (Å²) < 4.78 is 0. The molecular weight excluding hydrogens is 132 g/mol. The largest absolute Gasteiger partial charge is 0.103 e. The molecule has 0 saturated carbocycles. The molecule has 0 aliphatic heterocycles. The van der Waals surface area contributed by atoms with E-state index in [-0.39, 0.29) is 0 Å². The van der Waals surface area contributed by atoms with Gasteiger partial charge in [-0.3, -0.25) is 0 Å². The average molecular weight is 152 g/mol. The molecule has 0 nitrogen and oxygen atoms in total. The Labute approximate surface area is 71.0 Å². The van der Waals surface area contributed by atoms with Gasteiger partial charge in [-0.25, -0.2) is 0 Å². The lowest BCUT2D eigenvalue weighted by Gasteiger charge is -1.91. The molecule has 0 N–H and O–H groups in total. The first kappa shape index (κ1) is 10.5. The van der Waals surface area contributed by atoms with Crippen LogP contribution in [0.4, 0.5) is 0 Å². The second kappa shape index (κ2) is 9.48. The molecule has 0 unspecified atom stereocenters. The molecule has 0 bridgehead atoms. The highest BCUT2D eigenvalue weighted by Gasteiger charge is 1.81. The first-order chi connectivity index (χ1) is 5.41. The Morgan fingerprint density at radius 2 is 1.64 bits per heavy atom. The number of hydrogen-bond donors (Lipinski definition) is 0. The van der Waals surface area contributed by atoms with E-state index < -0.39 is 0 Å². The zero-order valence-corrected chi connectivity index (χ0v) is 7.68. The summed E-state index contributed by atoms with van der Waals surface area (Å²) in [7, 11) is 0. The summed E-state index contributed by atoms with van der Waals surface area (Å²) in [5, 5.41) is 0. The predicted octanol–water partition coefficient (Wildman–Crippen LogP) is 4.09. The standard InChI is InChI=1S/C11H20/c1-3-5-7-9-11-10-8-6-4-2/h3,8,10H,1,4-7,9,11H2,2H3. The lowest BCUT2D eigenvalue weighted by atomic mass is 10.2. The summed E-state index contributed by atoms with van der Waals surface area (Å²) in [5.41, 5.74) is 0. The third kappa shape index (κ3) is 9.48. The van der Waals surface area contributed by atoms with Crippen LogP contribution in [0, 0.1) is 0 Å². The molecule has 0 aliphatic carbocycles. The van der Waals surface area contributed by atoms with Gasteiger partial charge in [0.05, 0.1) is 0 Å². The Bertz CT molecular complexity index is 101. The van der Waals surface area contributed by atoms with Crippen molar-refractivity contribution in [2.75, 3.05) is 0 Å². The van der Waals surface area contributed by atoms with E-state index in [9.17, 15) is 0 Å². The average Bonchev–Trinajstić information content (AvgIpc) is 2.03. The normalized spacial score (nSPS) is 10.6. The van der Waals surface area contributed by atoms with Gasteiger partial charge < -0.3 is 0 Å². The molecule has 0 rings (SSSR count). The molecule has 0 amide bonds. The van der Waals surface area contributed by atoms with Crippen molar-refractivity contribution >= 4 is 0 Å². The highest BCUT2D eigenvalue weighted by Crippen LogP contribution is 2.01. The van der Waals surface area contributed by atoms with Gasteiger partial charge in [0.2, 0.25) is 0 Å². The van der Waals surface area contributed by atoms with Gasteiger partial charge in [0.1, 0.15) is 0 Å². The molecule has 0 heteroatoms. The van der Waals surface area contributed by atoms with Crippen LogP contribution < -0.4 is 0 Å². The van der Waals surface area contributed by atoms with Gasteiger partial charge in [0, 0.05) is 0 Å². The third-order valence-corrected chi connectivity index (χ3v) is 1.65. The molecule has 0 aromatic heterocycles. The van der Waals surface area contributed by atoms with Crippen LogP contribution in [0.1, 0.15) is 45.4 Å². The minimum atomic E-state index is 1.17. The Balaban J connectivity index is 2.94. The van der Waals surface area contributed by atoms with Gasteiger partial charge in [0.15, 0.2) is 0 Å². The summed E-state index contributed by atoms with van der Waals surface area (Å²) in [6.07, 6.45) is 14.1. The van der Waals surface area contributed by atoms with E-state index in [1.807, 2.05) is 6.08 Å². The van der Waals surface area contributed by atoms with Crippen molar-refractivity contribution in [2.45, 2.75) is 45.4 Å². The number of rotatable bonds is 7. The van der Waals surface area contributed by atoms with Gasteiger partial charge in [-0.05, 0) is 32.1 Å². The second-order valence-corrected chi connectivity index (χ2v) is 2.83. The van der Waals surface area contributed by atoms with E-state index in [1.165, 1.54) is 38.5 Å². The van der Waals surface area contributed by atoms with Crippen LogP contribution in [0.5, 0.6) is 0 Å². The second-order valence-electron chi connectivity index (χ2n) is 2.83. The third-order valence-electron chi connectivity index (χ3n) is 1.65. The summed E-state index contributed by atoms with van der Waals surface area (Å²) in [6, 6.07) is 0. The Kier molecular flexibility index (Phi) is 9.03. The van der Waals surface area contributed by atoms with Crippen molar-refractivity contribution in [2.24, 2.45) is 0 Å². The lowest BCUT2D eigenvalue weighted by Crippen LogP contribution is -1.71. The van der Waals surface area contributed by atoms with Gasteiger partial charge in [-0.2, -0.15) is 0 Å². The first-order valence-corrected chi connectivity index (χ1v) is 4.67. The van der Waals surface area contributed by atoms with Gasteiger partial charge in [0.25, 0.3) is 0 Å². The molecule has 64 valence electrons. The van der Waals surface area contributed by atoms with Crippen molar-refractivity contribution in [3.63, 3.8) is 0 Å². The van der Waals surface area contributed by atoms with Crippen LogP contribution in [-0.4, -0.2) is 0 Å². The first-order valence-electron chi connectivity index (χ1n) is 4.67. The molecule has 0 aromatic rings. The highest BCUT2D eigenvalue weighted by molar-refractivity contribution is 4.81. The fraction of sp³-hybridized carbons (Fsp3) is 0.636. The van der Waals surface area contributed by atoms with Crippen LogP contribution in [0.25, 0.3) is 0 Å². The van der Waals surface area contributed by atoms with Crippen LogP contribution in [0.15, 0.2) is 24.8 Å². The summed E-state index contributed by atoms with van der Waals surface area (Å²) in [5.74, 6) is 0. The molecule has 11 heavy (non-hydrogen) atoms. The molecule has 0 spiro atoms.